The molecule has 3 nitrogen and oxygen atoms in total. The van der Waals surface area contributed by atoms with Crippen molar-refractivity contribution >= 4 is 5.91 Å². The van der Waals surface area contributed by atoms with Crippen LogP contribution in [0.15, 0.2) is 42.0 Å². The highest BCUT2D eigenvalue weighted by Gasteiger charge is 2.37. The Hall–Kier alpha value is -1.61. The van der Waals surface area contributed by atoms with Crippen LogP contribution in [0.3, 0.4) is 0 Å². The van der Waals surface area contributed by atoms with Gasteiger partial charge in [-0.25, -0.2) is 0 Å². The summed E-state index contributed by atoms with van der Waals surface area (Å²) in [6, 6.07) is 10.4. The predicted molar refractivity (Wildman–Crippen MR) is 96.6 cm³/mol. The molecule has 130 valence electrons. The molecule has 1 amide bonds. The number of carbonyl (C=O) groups excluding carboxylic acids is 1. The molecule has 1 heterocycles. The Bertz CT molecular complexity index is 581. The lowest BCUT2D eigenvalue weighted by atomic mass is 9.76. The largest absolute Gasteiger partial charge is 0.396 e. The van der Waals surface area contributed by atoms with Gasteiger partial charge in [-0.05, 0) is 56.9 Å². The van der Waals surface area contributed by atoms with E-state index in [9.17, 15) is 9.90 Å². The average Bonchev–Trinajstić information content (AvgIpc) is 2.67. The summed E-state index contributed by atoms with van der Waals surface area (Å²) in [6.45, 7) is 1.71. The number of rotatable bonds is 5. The van der Waals surface area contributed by atoms with Crippen molar-refractivity contribution in [3.05, 3.63) is 47.5 Å². The zero-order valence-electron chi connectivity index (χ0n) is 14.5. The van der Waals surface area contributed by atoms with Crippen LogP contribution >= 0.6 is 0 Å². The first-order valence-electron chi connectivity index (χ1n) is 9.36. The van der Waals surface area contributed by atoms with Crippen molar-refractivity contribution in [2.75, 3.05) is 19.7 Å². The van der Waals surface area contributed by atoms with Crippen molar-refractivity contribution in [3.8, 4) is 0 Å². The zero-order valence-corrected chi connectivity index (χ0v) is 14.5. The van der Waals surface area contributed by atoms with Crippen LogP contribution in [-0.4, -0.2) is 35.6 Å². The van der Waals surface area contributed by atoms with Gasteiger partial charge in [0.2, 0.25) is 5.91 Å². The minimum atomic E-state index is -0.140. The number of hydrogen-bond donors (Lipinski definition) is 1. The van der Waals surface area contributed by atoms with Crippen LogP contribution in [0.25, 0.3) is 0 Å². The summed E-state index contributed by atoms with van der Waals surface area (Å²) in [5.74, 6) is 0.215. The summed E-state index contributed by atoms with van der Waals surface area (Å²) in [5, 5.41) is 10.1. The number of likely N-dealkylation sites (tertiary alicyclic amines) is 1. The molecule has 0 saturated carbocycles. The van der Waals surface area contributed by atoms with Crippen LogP contribution in [0, 0.1) is 5.41 Å². The van der Waals surface area contributed by atoms with Crippen LogP contribution in [0.2, 0.25) is 0 Å². The number of piperidine rings is 1. The second kappa shape index (κ2) is 7.98. The number of amides is 1. The van der Waals surface area contributed by atoms with Gasteiger partial charge in [-0.3, -0.25) is 4.79 Å². The van der Waals surface area contributed by atoms with E-state index in [0.29, 0.717) is 6.54 Å². The van der Waals surface area contributed by atoms with E-state index in [0.717, 1.165) is 57.1 Å². The van der Waals surface area contributed by atoms with E-state index in [-0.39, 0.29) is 17.9 Å². The van der Waals surface area contributed by atoms with E-state index in [1.165, 1.54) is 12.0 Å². The Labute approximate surface area is 145 Å². The molecule has 1 fully saturated rings. The molecule has 3 heteroatoms. The Balaban J connectivity index is 1.65. The number of benzene rings is 1. The molecule has 1 unspecified atom stereocenters. The highest BCUT2D eigenvalue weighted by atomic mass is 16.3. The van der Waals surface area contributed by atoms with E-state index >= 15 is 0 Å². The minimum absolute atomic E-state index is 0.140. The predicted octanol–water partition coefficient (Wildman–Crippen LogP) is 3.72. The minimum Gasteiger partial charge on any atom is -0.396 e. The molecule has 3 rings (SSSR count). The molecular weight excluding hydrogens is 298 g/mol. The van der Waals surface area contributed by atoms with Gasteiger partial charge in [0, 0.05) is 24.1 Å². The quantitative estimate of drug-likeness (QED) is 0.895. The van der Waals surface area contributed by atoms with Crippen LogP contribution in [0.4, 0.5) is 0 Å². The van der Waals surface area contributed by atoms with Crippen LogP contribution < -0.4 is 0 Å². The number of carbonyl (C=O) groups is 1. The molecule has 1 saturated heterocycles. The van der Waals surface area contributed by atoms with Gasteiger partial charge in [0.15, 0.2) is 0 Å². The third kappa shape index (κ3) is 4.07. The van der Waals surface area contributed by atoms with Crippen molar-refractivity contribution in [2.24, 2.45) is 5.41 Å². The lowest BCUT2D eigenvalue weighted by Gasteiger charge is -2.42. The first-order chi connectivity index (χ1) is 11.7. The highest BCUT2D eigenvalue weighted by Crippen LogP contribution is 2.35. The molecule has 0 bridgehead atoms. The van der Waals surface area contributed by atoms with Gasteiger partial charge >= 0.3 is 0 Å². The fraction of sp³-hybridized carbons (Fsp3) is 0.571. The van der Waals surface area contributed by atoms with Gasteiger partial charge in [0.05, 0.1) is 6.61 Å². The Morgan fingerprint density at radius 1 is 1.17 bits per heavy atom. The van der Waals surface area contributed by atoms with Crippen LogP contribution in [-0.2, 0) is 11.2 Å². The molecular formula is C21H29NO2. The molecule has 1 atom stereocenters. The topological polar surface area (TPSA) is 40.5 Å². The van der Waals surface area contributed by atoms with Crippen molar-refractivity contribution in [1.29, 1.82) is 0 Å². The van der Waals surface area contributed by atoms with Crippen LogP contribution in [0.1, 0.15) is 50.5 Å². The van der Waals surface area contributed by atoms with E-state index in [1.807, 2.05) is 11.0 Å². The molecule has 1 aromatic rings. The third-order valence-corrected chi connectivity index (χ3v) is 5.64. The Morgan fingerprint density at radius 2 is 2.00 bits per heavy atom. The number of allylic oxidation sites excluding steroid dienone is 1. The van der Waals surface area contributed by atoms with Crippen molar-refractivity contribution in [2.45, 2.75) is 51.4 Å². The number of hydrogen-bond acceptors (Lipinski definition) is 2. The molecule has 1 N–H and O–H groups in total. The van der Waals surface area contributed by atoms with Gasteiger partial charge in [0.25, 0.3) is 0 Å². The van der Waals surface area contributed by atoms with Gasteiger partial charge in [-0.15, -0.1) is 0 Å². The number of aryl methyl sites for hydroxylation is 1. The second-order valence-corrected chi connectivity index (χ2v) is 7.45. The summed E-state index contributed by atoms with van der Waals surface area (Å²) in [7, 11) is 0. The second-order valence-electron chi connectivity index (χ2n) is 7.45. The van der Waals surface area contributed by atoms with Crippen LogP contribution in [0.5, 0.6) is 0 Å². The standard InChI is InChI=1S/C21H29NO2/c23-17-21(14-12-18-8-3-1-4-9-18)13-7-15-22(16-21)20(24)19-10-5-2-6-11-19/h1,3-4,8-10,23H,2,5-7,11-17H2. The van der Waals surface area contributed by atoms with Crippen molar-refractivity contribution < 1.29 is 9.90 Å². The first kappa shape index (κ1) is 17.2. The van der Waals surface area contributed by atoms with Crippen molar-refractivity contribution in [1.82, 2.24) is 4.90 Å². The SMILES string of the molecule is O=C(C1=CCCCC1)N1CCCC(CO)(CCc2ccccc2)C1. The fourth-order valence-electron chi connectivity index (χ4n) is 4.08. The summed E-state index contributed by atoms with van der Waals surface area (Å²) in [4.78, 5) is 14.8. The van der Waals surface area contributed by atoms with Gasteiger partial charge in [0.1, 0.15) is 0 Å². The summed E-state index contributed by atoms with van der Waals surface area (Å²) < 4.78 is 0. The van der Waals surface area contributed by atoms with E-state index in [1.54, 1.807) is 0 Å². The molecule has 2 aliphatic rings. The molecule has 1 aliphatic heterocycles. The van der Waals surface area contributed by atoms with E-state index in [4.69, 9.17) is 0 Å². The maximum Gasteiger partial charge on any atom is 0.249 e. The number of aliphatic hydroxyl groups is 1. The third-order valence-electron chi connectivity index (χ3n) is 5.64. The molecule has 0 radical (unpaired) electrons. The molecule has 24 heavy (non-hydrogen) atoms. The monoisotopic (exact) mass is 327 g/mol. The van der Waals surface area contributed by atoms with Gasteiger partial charge < -0.3 is 10.0 Å². The van der Waals surface area contributed by atoms with E-state index in [2.05, 4.69) is 30.3 Å². The molecule has 0 spiro atoms. The fourth-order valence-corrected chi connectivity index (χ4v) is 4.08. The lowest BCUT2D eigenvalue weighted by molar-refractivity contribution is -0.131. The molecule has 1 aliphatic carbocycles. The highest BCUT2D eigenvalue weighted by molar-refractivity contribution is 5.93. The van der Waals surface area contributed by atoms with E-state index < -0.39 is 0 Å². The summed E-state index contributed by atoms with van der Waals surface area (Å²) >= 11 is 0. The lowest BCUT2D eigenvalue weighted by Crippen LogP contribution is -2.48. The zero-order chi connectivity index (χ0) is 16.8. The summed E-state index contributed by atoms with van der Waals surface area (Å²) in [5.41, 5.74) is 2.17. The number of aliphatic hydroxyl groups excluding tert-OH is 1. The Kier molecular flexibility index (Phi) is 5.72. The first-order valence-corrected chi connectivity index (χ1v) is 9.36. The average molecular weight is 327 g/mol. The maximum atomic E-state index is 12.8. The van der Waals surface area contributed by atoms with Crippen molar-refractivity contribution in [3.63, 3.8) is 0 Å². The van der Waals surface area contributed by atoms with Gasteiger partial charge in [-0.2, -0.15) is 0 Å². The smallest absolute Gasteiger partial charge is 0.249 e. The van der Waals surface area contributed by atoms with Gasteiger partial charge in [-0.1, -0.05) is 36.4 Å². The molecule has 0 aromatic heterocycles. The summed E-state index contributed by atoms with van der Waals surface area (Å²) in [6.07, 6.45) is 10.3. The number of nitrogens with zero attached hydrogens (tertiary/aromatic N) is 1. The maximum absolute atomic E-state index is 12.8. The molecule has 1 aromatic carbocycles. The Morgan fingerprint density at radius 3 is 2.71 bits per heavy atom. The normalized spacial score (nSPS) is 24.5.